The second kappa shape index (κ2) is 4.61. The molecule has 1 aromatic carbocycles. The summed E-state index contributed by atoms with van der Waals surface area (Å²) >= 11 is 0. The Morgan fingerprint density at radius 1 is 1.50 bits per heavy atom. The number of rotatable bonds is 4. The van der Waals surface area contributed by atoms with Crippen LogP contribution in [0.4, 0.5) is 0 Å². The van der Waals surface area contributed by atoms with Crippen LogP contribution < -0.4 is 4.74 Å². The fourth-order valence-corrected chi connectivity index (χ4v) is 1.42. The number of carbonyl (C=O) groups excluding carboxylic acids is 1. The number of H-pyrrole nitrogens is 1. The summed E-state index contributed by atoms with van der Waals surface area (Å²) in [6, 6.07) is 7.07. The highest BCUT2D eigenvalue weighted by atomic mass is 16.5. The van der Waals surface area contributed by atoms with E-state index >= 15 is 0 Å². The van der Waals surface area contributed by atoms with Gasteiger partial charge in [0.2, 0.25) is 5.78 Å². The van der Waals surface area contributed by atoms with Crippen molar-refractivity contribution in [1.82, 2.24) is 9.97 Å². The molecule has 0 atom stereocenters. The molecule has 4 nitrogen and oxygen atoms in total. The number of carbonyl (C=O) groups is 1. The van der Waals surface area contributed by atoms with E-state index in [-0.39, 0.29) is 5.78 Å². The molecule has 0 saturated heterocycles. The maximum Gasteiger partial charge on any atom is 0.228 e. The standard InChI is InChI=1S/C12H12N2O2/c1-2-16-10-5-3-4-9(8-10)11(15)12-13-6-7-14-12/h3-8H,2H2,1H3,(H,13,14). The first-order valence-electron chi connectivity index (χ1n) is 5.08. The number of imidazole rings is 1. The topological polar surface area (TPSA) is 55.0 Å². The molecule has 0 amide bonds. The van der Waals surface area contributed by atoms with Crippen molar-refractivity contribution in [2.45, 2.75) is 6.92 Å². The van der Waals surface area contributed by atoms with Crippen molar-refractivity contribution >= 4 is 5.78 Å². The number of hydrogen-bond donors (Lipinski definition) is 1. The van der Waals surface area contributed by atoms with Gasteiger partial charge >= 0.3 is 0 Å². The van der Waals surface area contributed by atoms with Gasteiger partial charge in [-0.15, -0.1) is 0 Å². The van der Waals surface area contributed by atoms with E-state index in [1.165, 1.54) is 0 Å². The summed E-state index contributed by atoms with van der Waals surface area (Å²) < 4.78 is 5.33. The Morgan fingerprint density at radius 2 is 2.38 bits per heavy atom. The molecule has 2 rings (SSSR count). The van der Waals surface area contributed by atoms with Crippen LogP contribution in [0.3, 0.4) is 0 Å². The van der Waals surface area contributed by atoms with Crippen LogP contribution >= 0.6 is 0 Å². The summed E-state index contributed by atoms with van der Waals surface area (Å²) in [5.41, 5.74) is 0.570. The third kappa shape index (κ3) is 2.11. The van der Waals surface area contributed by atoms with Gasteiger partial charge in [-0.2, -0.15) is 0 Å². The number of benzene rings is 1. The molecule has 1 aromatic heterocycles. The van der Waals surface area contributed by atoms with E-state index < -0.39 is 0 Å². The highest BCUT2D eigenvalue weighted by molar-refractivity contribution is 6.06. The van der Waals surface area contributed by atoms with Crippen LogP contribution in [0.2, 0.25) is 0 Å². The first kappa shape index (κ1) is 10.4. The quantitative estimate of drug-likeness (QED) is 0.796. The van der Waals surface area contributed by atoms with Crippen LogP contribution in [0.15, 0.2) is 36.7 Å². The Hall–Kier alpha value is -2.10. The Morgan fingerprint density at radius 3 is 3.06 bits per heavy atom. The van der Waals surface area contributed by atoms with Gasteiger partial charge in [-0.1, -0.05) is 12.1 Å². The maximum atomic E-state index is 11.9. The van der Waals surface area contributed by atoms with Crippen molar-refractivity contribution in [3.8, 4) is 5.75 Å². The minimum atomic E-state index is -0.133. The van der Waals surface area contributed by atoms with Gasteiger partial charge < -0.3 is 9.72 Å². The van der Waals surface area contributed by atoms with Crippen LogP contribution in [-0.2, 0) is 0 Å². The molecule has 0 fully saturated rings. The monoisotopic (exact) mass is 216 g/mol. The lowest BCUT2D eigenvalue weighted by atomic mass is 10.1. The first-order chi connectivity index (χ1) is 7.81. The smallest absolute Gasteiger partial charge is 0.228 e. The molecule has 2 aromatic rings. The molecule has 1 N–H and O–H groups in total. The van der Waals surface area contributed by atoms with Gasteiger partial charge in [0, 0.05) is 18.0 Å². The van der Waals surface area contributed by atoms with Crippen molar-refractivity contribution in [3.05, 3.63) is 48.0 Å². The second-order valence-corrected chi connectivity index (χ2v) is 3.23. The predicted molar refractivity (Wildman–Crippen MR) is 59.6 cm³/mol. The van der Waals surface area contributed by atoms with Gasteiger partial charge in [0.05, 0.1) is 6.61 Å². The SMILES string of the molecule is CCOc1cccc(C(=O)c2ncc[nH]2)c1. The van der Waals surface area contributed by atoms with Crippen LogP contribution in [0.25, 0.3) is 0 Å². The zero-order valence-electron chi connectivity index (χ0n) is 8.93. The van der Waals surface area contributed by atoms with Gasteiger partial charge in [0.15, 0.2) is 5.82 Å². The zero-order valence-corrected chi connectivity index (χ0v) is 8.93. The number of hydrogen-bond acceptors (Lipinski definition) is 3. The molecule has 0 aliphatic rings. The molecule has 0 bridgehead atoms. The zero-order chi connectivity index (χ0) is 11.4. The number of aromatic nitrogens is 2. The second-order valence-electron chi connectivity index (χ2n) is 3.23. The van der Waals surface area contributed by atoms with Crippen LogP contribution in [-0.4, -0.2) is 22.4 Å². The molecule has 0 saturated carbocycles. The van der Waals surface area contributed by atoms with Crippen molar-refractivity contribution in [2.75, 3.05) is 6.61 Å². The summed E-state index contributed by atoms with van der Waals surface area (Å²) in [5, 5.41) is 0. The number of ketones is 1. The van der Waals surface area contributed by atoms with E-state index in [0.29, 0.717) is 23.7 Å². The number of nitrogens with zero attached hydrogens (tertiary/aromatic N) is 1. The molecule has 0 aliphatic heterocycles. The maximum absolute atomic E-state index is 11.9. The molecular formula is C12H12N2O2. The third-order valence-electron chi connectivity index (χ3n) is 2.12. The fraction of sp³-hybridized carbons (Fsp3) is 0.167. The average molecular weight is 216 g/mol. The van der Waals surface area contributed by atoms with Crippen LogP contribution in [0, 0.1) is 0 Å². The summed E-state index contributed by atoms with van der Waals surface area (Å²) in [6.07, 6.45) is 3.18. The predicted octanol–water partition coefficient (Wildman–Crippen LogP) is 2.04. The first-order valence-corrected chi connectivity index (χ1v) is 5.08. The molecular weight excluding hydrogens is 204 g/mol. The van der Waals surface area contributed by atoms with Crippen molar-refractivity contribution in [2.24, 2.45) is 0 Å². The highest BCUT2D eigenvalue weighted by Gasteiger charge is 2.11. The Balaban J connectivity index is 2.27. The largest absolute Gasteiger partial charge is 0.494 e. The van der Waals surface area contributed by atoms with Gasteiger partial charge in [0.1, 0.15) is 5.75 Å². The van der Waals surface area contributed by atoms with Crippen LogP contribution in [0.5, 0.6) is 5.75 Å². The molecule has 0 spiro atoms. The molecule has 82 valence electrons. The van der Waals surface area contributed by atoms with E-state index in [2.05, 4.69) is 9.97 Å². The van der Waals surface area contributed by atoms with E-state index in [4.69, 9.17) is 4.74 Å². The van der Waals surface area contributed by atoms with Crippen molar-refractivity contribution in [1.29, 1.82) is 0 Å². The number of aromatic amines is 1. The lowest BCUT2D eigenvalue weighted by molar-refractivity contribution is 0.103. The molecule has 0 unspecified atom stereocenters. The van der Waals surface area contributed by atoms with Crippen LogP contribution in [0.1, 0.15) is 23.1 Å². The lowest BCUT2D eigenvalue weighted by Crippen LogP contribution is -2.04. The summed E-state index contributed by atoms with van der Waals surface area (Å²) in [6.45, 7) is 2.49. The van der Waals surface area contributed by atoms with Crippen molar-refractivity contribution in [3.63, 3.8) is 0 Å². The van der Waals surface area contributed by atoms with E-state index in [1.54, 1.807) is 30.6 Å². The number of ether oxygens (including phenoxy) is 1. The van der Waals surface area contributed by atoms with Gasteiger partial charge in [-0.25, -0.2) is 4.98 Å². The van der Waals surface area contributed by atoms with E-state index in [1.807, 2.05) is 13.0 Å². The molecule has 16 heavy (non-hydrogen) atoms. The Labute approximate surface area is 93.3 Å². The Kier molecular flexibility index (Phi) is 3.00. The van der Waals surface area contributed by atoms with Crippen molar-refractivity contribution < 1.29 is 9.53 Å². The average Bonchev–Trinajstić information content (AvgIpc) is 2.82. The lowest BCUT2D eigenvalue weighted by Gasteiger charge is -2.04. The summed E-state index contributed by atoms with van der Waals surface area (Å²) in [4.78, 5) is 18.6. The normalized spacial score (nSPS) is 10.1. The third-order valence-corrected chi connectivity index (χ3v) is 2.12. The van der Waals surface area contributed by atoms with Gasteiger partial charge in [-0.05, 0) is 19.1 Å². The van der Waals surface area contributed by atoms with E-state index in [0.717, 1.165) is 0 Å². The fourth-order valence-electron chi connectivity index (χ4n) is 1.42. The Bertz CT molecular complexity index is 478. The van der Waals surface area contributed by atoms with Gasteiger partial charge in [0.25, 0.3) is 0 Å². The molecule has 0 radical (unpaired) electrons. The molecule has 4 heteroatoms. The summed E-state index contributed by atoms with van der Waals surface area (Å²) in [5.74, 6) is 0.903. The minimum absolute atomic E-state index is 0.133. The van der Waals surface area contributed by atoms with E-state index in [9.17, 15) is 4.79 Å². The summed E-state index contributed by atoms with van der Waals surface area (Å²) in [7, 11) is 0. The minimum Gasteiger partial charge on any atom is -0.494 e. The molecule has 0 aliphatic carbocycles. The van der Waals surface area contributed by atoms with Gasteiger partial charge in [-0.3, -0.25) is 4.79 Å². The number of nitrogens with one attached hydrogen (secondary N) is 1. The molecule has 1 heterocycles. The highest BCUT2D eigenvalue weighted by Crippen LogP contribution is 2.15.